The number of ether oxygens (including phenoxy) is 1. The molecular weight excluding hydrogens is 352 g/mol. The lowest BCUT2D eigenvalue weighted by molar-refractivity contribution is 0.414. The Hall–Kier alpha value is -3.12. The smallest absolute Gasteiger partial charge is 0.263 e. The molecule has 26 heavy (non-hydrogen) atoms. The predicted molar refractivity (Wildman–Crippen MR) is 100 cm³/mol. The summed E-state index contributed by atoms with van der Waals surface area (Å²) in [6, 6.07) is 15.2. The molecule has 2 aromatic heterocycles. The van der Waals surface area contributed by atoms with Crippen molar-refractivity contribution in [2.45, 2.75) is 6.54 Å². The molecule has 0 atom stereocenters. The van der Waals surface area contributed by atoms with E-state index in [1.807, 2.05) is 48.5 Å². The van der Waals surface area contributed by atoms with E-state index in [-0.39, 0.29) is 0 Å². The summed E-state index contributed by atoms with van der Waals surface area (Å²) in [5.74, 6) is 1.49. The molecule has 7 heteroatoms. The average Bonchev–Trinajstić information content (AvgIpc) is 3.12. The highest BCUT2D eigenvalue weighted by atomic mass is 35.5. The molecule has 0 spiro atoms. The molecule has 0 saturated heterocycles. The number of halogens is 1. The van der Waals surface area contributed by atoms with Gasteiger partial charge in [-0.3, -0.25) is 0 Å². The Morgan fingerprint density at radius 2 is 1.81 bits per heavy atom. The highest BCUT2D eigenvalue weighted by Crippen LogP contribution is 2.32. The summed E-state index contributed by atoms with van der Waals surface area (Å²) >= 11 is 5.97. The van der Waals surface area contributed by atoms with Crippen LogP contribution in [0.15, 0.2) is 59.4 Å². The van der Waals surface area contributed by atoms with Crippen molar-refractivity contribution < 1.29 is 9.26 Å². The van der Waals surface area contributed by atoms with E-state index in [9.17, 15) is 0 Å². The van der Waals surface area contributed by atoms with E-state index >= 15 is 0 Å². The van der Waals surface area contributed by atoms with Gasteiger partial charge in [0.2, 0.25) is 0 Å². The number of nitrogens with one attached hydrogen (secondary N) is 1. The SMILES string of the molecule is COc1ccc(CNc2ncnc3onc(-c4ccc(Cl)cc4)c23)cc1. The average molecular weight is 367 g/mol. The van der Waals surface area contributed by atoms with Gasteiger partial charge in [0.25, 0.3) is 5.71 Å². The summed E-state index contributed by atoms with van der Waals surface area (Å²) in [6.07, 6.45) is 1.45. The molecule has 0 bridgehead atoms. The maximum atomic E-state index is 5.97. The van der Waals surface area contributed by atoms with Gasteiger partial charge in [-0.2, -0.15) is 4.98 Å². The number of rotatable bonds is 5. The zero-order valence-electron chi connectivity index (χ0n) is 13.9. The maximum absolute atomic E-state index is 5.97. The first-order valence-corrected chi connectivity index (χ1v) is 8.35. The van der Waals surface area contributed by atoms with Crippen LogP contribution in [0.5, 0.6) is 5.75 Å². The molecule has 130 valence electrons. The van der Waals surface area contributed by atoms with Crippen LogP contribution in [-0.2, 0) is 6.54 Å². The predicted octanol–water partition coefficient (Wildman–Crippen LogP) is 4.56. The third-order valence-electron chi connectivity index (χ3n) is 4.01. The van der Waals surface area contributed by atoms with E-state index < -0.39 is 0 Å². The van der Waals surface area contributed by atoms with Crippen LogP contribution in [0.2, 0.25) is 5.02 Å². The number of hydrogen-bond acceptors (Lipinski definition) is 6. The van der Waals surface area contributed by atoms with Gasteiger partial charge in [-0.15, -0.1) is 0 Å². The van der Waals surface area contributed by atoms with Crippen LogP contribution in [0.25, 0.3) is 22.4 Å². The fraction of sp³-hybridized carbons (Fsp3) is 0.105. The fourth-order valence-corrected chi connectivity index (χ4v) is 2.78. The van der Waals surface area contributed by atoms with E-state index in [2.05, 4.69) is 20.4 Å². The molecule has 6 nitrogen and oxygen atoms in total. The van der Waals surface area contributed by atoms with Gasteiger partial charge in [0, 0.05) is 17.1 Å². The first-order chi connectivity index (χ1) is 12.7. The van der Waals surface area contributed by atoms with Crippen molar-refractivity contribution in [3.63, 3.8) is 0 Å². The molecule has 0 unspecified atom stereocenters. The zero-order valence-corrected chi connectivity index (χ0v) is 14.7. The van der Waals surface area contributed by atoms with Crippen molar-refractivity contribution in [3.8, 4) is 17.0 Å². The first-order valence-electron chi connectivity index (χ1n) is 7.98. The van der Waals surface area contributed by atoms with E-state index in [0.717, 1.165) is 22.3 Å². The zero-order chi connectivity index (χ0) is 17.9. The normalized spacial score (nSPS) is 10.8. The van der Waals surface area contributed by atoms with Gasteiger partial charge in [0.05, 0.1) is 7.11 Å². The standard InChI is InChI=1S/C19H15ClN4O2/c1-25-15-8-2-12(3-9-15)10-21-18-16-17(13-4-6-14(20)7-5-13)24-26-19(16)23-11-22-18/h2-9,11H,10H2,1H3,(H,21,22,23). The molecule has 4 aromatic rings. The van der Waals surface area contributed by atoms with Gasteiger partial charge in [-0.25, -0.2) is 4.98 Å². The van der Waals surface area contributed by atoms with Gasteiger partial charge >= 0.3 is 0 Å². The number of fused-ring (bicyclic) bond motifs is 1. The first kappa shape index (κ1) is 16.4. The molecular formula is C19H15ClN4O2. The molecule has 2 aromatic carbocycles. The quantitative estimate of drug-likeness (QED) is 0.558. The molecule has 0 aliphatic rings. The van der Waals surface area contributed by atoms with Crippen molar-refractivity contribution in [1.82, 2.24) is 15.1 Å². The van der Waals surface area contributed by atoms with E-state index in [1.54, 1.807) is 7.11 Å². The van der Waals surface area contributed by atoms with Crippen molar-refractivity contribution in [2.24, 2.45) is 0 Å². The monoisotopic (exact) mass is 366 g/mol. The highest BCUT2D eigenvalue weighted by molar-refractivity contribution is 6.30. The van der Waals surface area contributed by atoms with Crippen LogP contribution in [-0.4, -0.2) is 22.2 Å². The lowest BCUT2D eigenvalue weighted by Crippen LogP contribution is -2.02. The Labute approximate surface area is 154 Å². The highest BCUT2D eigenvalue weighted by Gasteiger charge is 2.16. The topological polar surface area (TPSA) is 73.1 Å². The third-order valence-corrected chi connectivity index (χ3v) is 4.26. The van der Waals surface area contributed by atoms with E-state index in [1.165, 1.54) is 6.33 Å². The minimum Gasteiger partial charge on any atom is -0.497 e. The second kappa shape index (κ2) is 7.01. The molecule has 0 aliphatic heterocycles. The van der Waals surface area contributed by atoms with Crippen LogP contribution in [0, 0.1) is 0 Å². The molecule has 0 saturated carbocycles. The summed E-state index contributed by atoms with van der Waals surface area (Å²) in [4.78, 5) is 8.52. The van der Waals surface area contributed by atoms with Crippen molar-refractivity contribution >= 4 is 28.5 Å². The maximum Gasteiger partial charge on any atom is 0.263 e. The largest absolute Gasteiger partial charge is 0.497 e. The van der Waals surface area contributed by atoms with E-state index in [0.29, 0.717) is 28.8 Å². The minimum atomic E-state index is 0.433. The van der Waals surface area contributed by atoms with Crippen LogP contribution in [0.3, 0.4) is 0 Å². The summed E-state index contributed by atoms with van der Waals surface area (Å²) in [6.45, 7) is 0.599. The van der Waals surface area contributed by atoms with E-state index in [4.69, 9.17) is 20.9 Å². The van der Waals surface area contributed by atoms with Crippen LogP contribution < -0.4 is 10.1 Å². The van der Waals surface area contributed by atoms with Crippen LogP contribution >= 0.6 is 11.6 Å². The number of hydrogen-bond donors (Lipinski definition) is 1. The Morgan fingerprint density at radius 3 is 2.54 bits per heavy atom. The number of methoxy groups -OCH3 is 1. The molecule has 1 N–H and O–H groups in total. The van der Waals surface area contributed by atoms with Gasteiger partial charge in [0.1, 0.15) is 29.0 Å². The molecule has 0 fully saturated rings. The summed E-state index contributed by atoms with van der Waals surface area (Å²) < 4.78 is 10.5. The van der Waals surface area contributed by atoms with Crippen molar-refractivity contribution in [3.05, 3.63) is 65.4 Å². The summed E-state index contributed by atoms with van der Waals surface area (Å²) in [5.41, 5.74) is 3.09. The molecule has 0 amide bonds. The van der Waals surface area contributed by atoms with Crippen LogP contribution in [0.4, 0.5) is 5.82 Å². The Balaban J connectivity index is 1.66. The number of benzene rings is 2. The summed E-state index contributed by atoms with van der Waals surface area (Å²) in [5, 5.41) is 8.89. The lowest BCUT2D eigenvalue weighted by Gasteiger charge is -2.08. The Kier molecular flexibility index (Phi) is 4.41. The van der Waals surface area contributed by atoms with Gasteiger partial charge in [-0.1, -0.05) is 41.0 Å². The third kappa shape index (κ3) is 3.19. The van der Waals surface area contributed by atoms with Crippen molar-refractivity contribution in [2.75, 3.05) is 12.4 Å². The van der Waals surface area contributed by atoms with Gasteiger partial charge in [0.15, 0.2) is 0 Å². The fourth-order valence-electron chi connectivity index (χ4n) is 2.65. The number of aromatic nitrogens is 3. The minimum absolute atomic E-state index is 0.433. The number of anilines is 1. The number of nitrogens with zero attached hydrogens (tertiary/aromatic N) is 3. The summed E-state index contributed by atoms with van der Waals surface area (Å²) in [7, 11) is 1.65. The molecule has 0 aliphatic carbocycles. The van der Waals surface area contributed by atoms with Crippen LogP contribution in [0.1, 0.15) is 5.56 Å². The van der Waals surface area contributed by atoms with Gasteiger partial charge in [-0.05, 0) is 29.8 Å². The second-order valence-corrected chi connectivity index (χ2v) is 6.08. The lowest BCUT2D eigenvalue weighted by atomic mass is 10.1. The molecule has 2 heterocycles. The molecule has 0 radical (unpaired) electrons. The Bertz CT molecular complexity index is 1030. The molecule has 4 rings (SSSR count). The second-order valence-electron chi connectivity index (χ2n) is 5.64. The van der Waals surface area contributed by atoms with Gasteiger partial charge < -0.3 is 14.6 Å². The van der Waals surface area contributed by atoms with Crippen molar-refractivity contribution in [1.29, 1.82) is 0 Å². The Morgan fingerprint density at radius 1 is 1.04 bits per heavy atom.